The van der Waals surface area contributed by atoms with Gasteiger partial charge in [0, 0.05) is 5.56 Å². The van der Waals surface area contributed by atoms with E-state index in [0.717, 1.165) is 5.56 Å². The molecule has 12 heavy (non-hydrogen) atoms. The molecule has 0 aliphatic heterocycles. The van der Waals surface area contributed by atoms with Gasteiger partial charge in [0.2, 0.25) is 0 Å². The highest BCUT2D eigenvalue weighted by molar-refractivity contribution is 6.69. The molecule has 0 N–H and O–H groups in total. The van der Waals surface area contributed by atoms with E-state index in [4.69, 9.17) is 11.6 Å². The number of hydrogen-bond donors (Lipinski definition) is 0. The summed E-state index contributed by atoms with van der Waals surface area (Å²) in [5, 5.41) is 0.651. The molecular weight excluding hydrogens is 170 g/mol. The van der Waals surface area contributed by atoms with Crippen LogP contribution in [0.25, 0.3) is 0 Å². The van der Waals surface area contributed by atoms with Crippen molar-refractivity contribution >= 4 is 16.8 Å². The Morgan fingerprint density at radius 1 is 1.25 bits per heavy atom. The van der Waals surface area contributed by atoms with Gasteiger partial charge in [-0.05, 0) is 12.8 Å². The third-order valence-corrected chi connectivity index (χ3v) is 2.17. The van der Waals surface area contributed by atoms with Gasteiger partial charge < -0.3 is 0 Å². The topological polar surface area (TPSA) is 12.4 Å². The molecular formula is C10H10ClN. The third-order valence-electron chi connectivity index (χ3n) is 1.85. The molecule has 1 saturated carbocycles. The Kier molecular flexibility index (Phi) is 2.13. The fourth-order valence-corrected chi connectivity index (χ4v) is 1.28. The zero-order valence-electron chi connectivity index (χ0n) is 6.70. The van der Waals surface area contributed by atoms with Crippen LogP contribution in [0.2, 0.25) is 0 Å². The van der Waals surface area contributed by atoms with Gasteiger partial charge in [0.05, 0.1) is 6.04 Å². The zero-order valence-corrected chi connectivity index (χ0v) is 7.46. The van der Waals surface area contributed by atoms with Crippen molar-refractivity contribution < 1.29 is 0 Å². The van der Waals surface area contributed by atoms with E-state index in [2.05, 4.69) is 4.99 Å². The van der Waals surface area contributed by atoms with Gasteiger partial charge in [0.1, 0.15) is 5.17 Å². The largest absolute Gasteiger partial charge is 0.269 e. The summed E-state index contributed by atoms with van der Waals surface area (Å²) in [7, 11) is 0. The lowest BCUT2D eigenvalue weighted by molar-refractivity contribution is 1.07. The van der Waals surface area contributed by atoms with Crippen molar-refractivity contribution in [2.45, 2.75) is 18.9 Å². The van der Waals surface area contributed by atoms with Crippen LogP contribution < -0.4 is 0 Å². The first-order chi connectivity index (χ1) is 5.86. The average Bonchev–Trinajstić information content (AvgIpc) is 2.90. The average molecular weight is 180 g/mol. The van der Waals surface area contributed by atoms with E-state index in [-0.39, 0.29) is 0 Å². The summed E-state index contributed by atoms with van der Waals surface area (Å²) >= 11 is 5.99. The Balaban J connectivity index is 2.18. The highest BCUT2D eigenvalue weighted by Crippen LogP contribution is 2.25. The Labute approximate surface area is 77.1 Å². The number of halogens is 1. The number of benzene rings is 1. The van der Waals surface area contributed by atoms with Crippen LogP contribution in [0.3, 0.4) is 0 Å². The van der Waals surface area contributed by atoms with E-state index >= 15 is 0 Å². The van der Waals surface area contributed by atoms with Gasteiger partial charge in [-0.3, -0.25) is 4.99 Å². The molecule has 2 rings (SSSR count). The zero-order chi connectivity index (χ0) is 8.39. The quantitative estimate of drug-likeness (QED) is 0.620. The van der Waals surface area contributed by atoms with Crippen LogP contribution in [0.1, 0.15) is 18.4 Å². The maximum absolute atomic E-state index is 5.99. The van der Waals surface area contributed by atoms with Crippen molar-refractivity contribution in [3.05, 3.63) is 35.9 Å². The Morgan fingerprint density at radius 2 is 1.92 bits per heavy atom. The van der Waals surface area contributed by atoms with Crippen molar-refractivity contribution in [1.29, 1.82) is 0 Å². The molecule has 2 heteroatoms. The van der Waals surface area contributed by atoms with Crippen LogP contribution >= 0.6 is 11.6 Å². The number of nitrogens with zero attached hydrogens (tertiary/aromatic N) is 1. The van der Waals surface area contributed by atoms with Gasteiger partial charge >= 0.3 is 0 Å². The summed E-state index contributed by atoms with van der Waals surface area (Å²) in [4.78, 5) is 4.34. The molecule has 1 aliphatic rings. The maximum Gasteiger partial charge on any atom is 0.131 e. The third kappa shape index (κ3) is 1.86. The predicted octanol–water partition coefficient (Wildman–Crippen LogP) is 2.83. The molecule has 0 aromatic heterocycles. The number of aliphatic imine (C=N–C) groups is 1. The number of hydrogen-bond acceptors (Lipinski definition) is 1. The lowest BCUT2D eigenvalue weighted by Gasteiger charge is -1.96. The summed E-state index contributed by atoms with van der Waals surface area (Å²) in [5.74, 6) is 0. The maximum atomic E-state index is 5.99. The molecule has 1 nitrogen and oxygen atoms in total. The molecule has 0 heterocycles. The molecule has 1 fully saturated rings. The molecule has 0 unspecified atom stereocenters. The summed E-state index contributed by atoms with van der Waals surface area (Å²) in [6.07, 6.45) is 2.39. The Hall–Kier alpha value is -0.820. The van der Waals surface area contributed by atoms with Gasteiger partial charge in [-0.1, -0.05) is 41.9 Å². The molecule has 1 aromatic carbocycles. The SMILES string of the molecule is ClC(=NC1CC1)c1ccccc1. The van der Waals surface area contributed by atoms with Crippen LogP contribution in [-0.2, 0) is 0 Å². The second-order valence-electron chi connectivity index (χ2n) is 3.02. The second-order valence-corrected chi connectivity index (χ2v) is 3.38. The van der Waals surface area contributed by atoms with Crippen LogP contribution in [0.15, 0.2) is 35.3 Å². The second kappa shape index (κ2) is 3.28. The minimum absolute atomic E-state index is 0.498. The first kappa shape index (κ1) is 7.81. The first-order valence-corrected chi connectivity index (χ1v) is 4.53. The van der Waals surface area contributed by atoms with E-state index in [1.54, 1.807) is 0 Å². The van der Waals surface area contributed by atoms with E-state index in [9.17, 15) is 0 Å². The minimum atomic E-state index is 0.498. The summed E-state index contributed by atoms with van der Waals surface area (Å²) in [6, 6.07) is 10.4. The van der Waals surface area contributed by atoms with E-state index in [0.29, 0.717) is 11.2 Å². The molecule has 0 saturated heterocycles. The fourth-order valence-electron chi connectivity index (χ4n) is 1.01. The number of rotatable bonds is 2. The molecule has 0 radical (unpaired) electrons. The van der Waals surface area contributed by atoms with Crippen LogP contribution in [0.4, 0.5) is 0 Å². The van der Waals surface area contributed by atoms with Crippen molar-refractivity contribution in [3.63, 3.8) is 0 Å². The molecule has 0 bridgehead atoms. The summed E-state index contributed by atoms with van der Waals surface area (Å²) < 4.78 is 0. The Bertz CT molecular complexity index is 288. The van der Waals surface area contributed by atoms with E-state index in [1.165, 1.54) is 12.8 Å². The summed E-state index contributed by atoms with van der Waals surface area (Å²) in [6.45, 7) is 0. The smallest absolute Gasteiger partial charge is 0.131 e. The monoisotopic (exact) mass is 179 g/mol. The first-order valence-electron chi connectivity index (χ1n) is 4.15. The van der Waals surface area contributed by atoms with Gasteiger partial charge in [0.25, 0.3) is 0 Å². The van der Waals surface area contributed by atoms with Crippen molar-refractivity contribution in [3.8, 4) is 0 Å². The van der Waals surface area contributed by atoms with Gasteiger partial charge in [0.15, 0.2) is 0 Å². The lowest BCUT2D eigenvalue weighted by atomic mass is 10.2. The standard InChI is InChI=1S/C10H10ClN/c11-10(12-9-6-7-9)8-4-2-1-3-5-8/h1-5,9H,6-7H2. The predicted molar refractivity (Wildman–Crippen MR) is 51.9 cm³/mol. The molecule has 0 atom stereocenters. The van der Waals surface area contributed by atoms with Crippen molar-refractivity contribution in [2.75, 3.05) is 0 Å². The normalized spacial score (nSPS) is 17.9. The minimum Gasteiger partial charge on any atom is -0.269 e. The molecule has 0 amide bonds. The van der Waals surface area contributed by atoms with Crippen LogP contribution in [0, 0.1) is 0 Å². The van der Waals surface area contributed by atoms with E-state index < -0.39 is 0 Å². The lowest BCUT2D eigenvalue weighted by Crippen LogP contribution is -1.91. The highest BCUT2D eigenvalue weighted by Gasteiger charge is 2.20. The van der Waals surface area contributed by atoms with Gasteiger partial charge in [-0.15, -0.1) is 0 Å². The molecule has 62 valence electrons. The summed E-state index contributed by atoms with van der Waals surface area (Å²) in [5.41, 5.74) is 1.02. The van der Waals surface area contributed by atoms with Gasteiger partial charge in [-0.2, -0.15) is 0 Å². The van der Waals surface area contributed by atoms with E-state index in [1.807, 2.05) is 30.3 Å². The fraction of sp³-hybridized carbons (Fsp3) is 0.300. The highest BCUT2D eigenvalue weighted by atomic mass is 35.5. The Morgan fingerprint density at radius 3 is 2.50 bits per heavy atom. The van der Waals surface area contributed by atoms with Crippen LogP contribution in [-0.4, -0.2) is 11.2 Å². The molecule has 0 spiro atoms. The molecule has 1 aromatic rings. The van der Waals surface area contributed by atoms with Gasteiger partial charge in [-0.25, -0.2) is 0 Å². The molecule has 1 aliphatic carbocycles. The van der Waals surface area contributed by atoms with Crippen LogP contribution in [0.5, 0.6) is 0 Å². The van der Waals surface area contributed by atoms with Crippen molar-refractivity contribution in [1.82, 2.24) is 0 Å². The van der Waals surface area contributed by atoms with Crippen molar-refractivity contribution in [2.24, 2.45) is 4.99 Å².